The summed E-state index contributed by atoms with van der Waals surface area (Å²) in [5.41, 5.74) is 0. The highest BCUT2D eigenvalue weighted by Gasteiger charge is 2.35. The van der Waals surface area contributed by atoms with Gasteiger partial charge in [-0.15, -0.1) is 0 Å². The van der Waals surface area contributed by atoms with Gasteiger partial charge in [0.15, 0.2) is 0 Å². The molecule has 0 N–H and O–H groups in total. The Kier molecular flexibility index (Phi) is 28.2. The molecular formula is C46H90N2S2. The number of hydrogen-bond donors (Lipinski definition) is 0. The maximum Gasteiger partial charge on any atom is 0.0603 e. The number of rotatable bonds is 6. The van der Waals surface area contributed by atoms with Gasteiger partial charge in [-0.3, -0.25) is 0 Å². The van der Waals surface area contributed by atoms with E-state index in [0.717, 1.165) is 59.2 Å². The Labute approximate surface area is 327 Å². The molecule has 6 saturated carbocycles. The lowest BCUT2D eigenvalue weighted by atomic mass is 9.65. The van der Waals surface area contributed by atoms with Crippen molar-refractivity contribution in [1.82, 2.24) is 0 Å². The first-order valence-electron chi connectivity index (χ1n) is 19.7. The Morgan fingerprint density at radius 2 is 0.460 bits per heavy atom. The Morgan fingerprint density at radius 1 is 0.300 bits per heavy atom. The van der Waals surface area contributed by atoms with Crippen LogP contribution in [0.2, 0.25) is 0 Å². The molecule has 50 heavy (non-hydrogen) atoms. The maximum absolute atomic E-state index is 4.75. The van der Waals surface area contributed by atoms with E-state index in [1.54, 1.807) is 0 Å². The van der Waals surface area contributed by atoms with E-state index in [1.807, 2.05) is 0 Å². The van der Waals surface area contributed by atoms with E-state index in [4.69, 9.17) is 24.4 Å². The van der Waals surface area contributed by atoms with Crippen LogP contribution >= 0.6 is 24.4 Å². The smallest absolute Gasteiger partial charge is 0.0603 e. The van der Waals surface area contributed by atoms with Gasteiger partial charge in [-0.1, -0.05) is 84.1 Å². The van der Waals surface area contributed by atoms with Gasteiger partial charge in [0.2, 0.25) is 0 Å². The third-order valence-corrected chi connectivity index (χ3v) is 14.6. The van der Waals surface area contributed by atoms with E-state index in [9.17, 15) is 0 Å². The number of nitrogens with zero attached hydrogens (tertiary/aromatic N) is 2. The molecule has 0 unspecified atom stereocenters. The number of isothiocyanates is 2. The number of hydrogen-bond acceptors (Lipinski definition) is 4. The van der Waals surface area contributed by atoms with Gasteiger partial charge >= 0.3 is 0 Å². The van der Waals surface area contributed by atoms with Gasteiger partial charge in [-0.05, 0) is 212 Å². The van der Waals surface area contributed by atoms with Gasteiger partial charge in [0.25, 0.3) is 0 Å². The molecule has 0 spiro atoms. The molecule has 0 radical (unpaired) electrons. The molecule has 296 valence electrons. The van der Waals surface area contributed by atoms with Crippen LogP contribution in [0.4, 0.5) is 0 Å². The van der Waals surface area contributed by atoms with E-state index < -0.39 is 0 Å². The molecule has 0 aliphatic heterocycles. The van der Waals surface area contributed by atoms with Gasteiger partial charge in [0, 0.05) is 0 Å². The van der Waals surface area contributed by atoms with E-state index >= 15 is 0 Å². The zero-order valence-corrected chi connectivity index (χ0v) is 30.2. The van der Waals surface area contributed by atoms with Crippen molar-refractivity contribution in [2.45, 2.75) is 225 Å². The lowest BCUT2D eigenvalue weighted by Gasteiger charge is -2.40. The lowest BCUT2D eigenvalue weighted by molar-refractivity contribution is 0.112. The molecule has 0 atom stereocenters. The molecule has 6 rings (SSSR count). The van der Waals surface area contributed by atoms with Crippen molar-refractivity contribution in [2.75, 3.05) is 0 Å². The molecule has 6 aliphatic rings. The molecule has 2 nitrogen and oxygen atoms in total. The molecular weight excluding hydrogens is 645 g/mol. The van der Waals surface area contributed by atoms with Crippen LogP contribution < -0.4 is 0 Å². The second kappa shape index (κ2) is 27.2. The quantitative estimate of drug-likeness (QED) is 0.200. The van der Waals surface area contributed by atoms with Crippen LogP contribution in [0.15, 0.2) is 9.98 Å². The Hall–Kier alpha value is -0.400. The monoisotopic (exact) mass is 735 g/mol. The van der Waals surface area contributed by atoms with Gasteiger partial charge in [-0.2, -0.15) is 0 Å². The second-order valence-corrected chi connectivity index (χ2v) is 17.3. The Balaban J connectivity index is 0. The molecule has 0 aromatic carbocycles. The summed E-state index contributed by atoms with van der Waals surface area (Å²) in [5, 5.41) is 5.17. The van der Waals surface area contributed by atoms with Gasteiger partial charge < -0.3 is 0 Å². The summed E-state index contributed by atoms with van der Waals surface area (Å²) in [4.78, 5) is 8.61. The fourth-order valence-electron chi connectivity index (χ4n) is 11.2. The molecule has 6 aliphatic carbocycles. The fourth-order valence-corrected chi connectivity index (χ4v) is 11.5. The third kappa shape index (κ3) is 15.5. The lowest BCUT2D eigenvalue weighted by Crippen LogP contribution is -2.30. The zero-order chi connectivity index (χ0) is 30.7. The van der Waals surface area contributed by atoms with Crippen molar-refractivity contribution in [3.05, 3.63) is 0 Å². The van der Waals surface area contributed by atoms with Crippen molar-refractivity contribution in [3.63, 3.8) is 0 Å². The molecule has 4 heteroatoms. The van der Waals surface area contributed by atoms with Crippen LogP contribution in [-0.2, 0) is 0 Å². The average molecular weight is 735 g/mol. The minimum absolute atomic E-state index is 0. The second-order valence-electron chi connectivity index (χ2n) is 17.0. The first-order valence-corrected chi connectivity index (χ1v) is 20.5. The first kappa shape index (κ1) is 51.7. The van der Waals surface area contributed by atoms with Crippen molar-refractivity contribution in [3.8, 4) is 0 Å². The van der Waals surface area contributed by atoms with Gasteiger partial charge in [0.05, 0.1) is 22.4 Å². The predicted molar refractivity (Wildman–Crippen MR) is 235 cm³/mol. The SMILES string of the molecule is C.C.C.C.C.C.CC1CCC(C2CCC(C3CCC(N=C=S)CC3)CC2)CC1.CC1CCC(C2CCC(C3CCC(N=C=S)CC3)CC2)CC1. The fraction of sp³-hybridized carbons (Fsp3) is 0.957. The van der Waals surface area contributed by atoms with Crippen LogP contribution in [0.5, 0.6) is 0 Å². The summed E-state index contributed by atoms with van der Waals surface area (Å²) >= 11 is 9.51. The van der Waals surface area contributed by atoms with Crippen LogP contribution in [0, 0.1) is 59.2 Å². The highest BCUT2D eigenvalue weighted by atomic mass is 32.1. The van der Waals surface area contributed by atoms with Crippen LogP contribution in [0.1, 0.15) is 213 Å². The molecule has 0 bridgehead atoms. The normalized spacial score (nSPS) is 38.1. The van der Waals surface area contributed by atoms with Crippen LogP contribution in [0.25, 0.3) is 0 Å². The van der Waals surface area contributed by atoms with Crippen LogP contribution in [0.3, 0.4) is 0 Å². The summed E-state index contributed by atoms with van der Waals surface area (Å²) in [6.07, 6.45) is 34.9. The van der Waals surface area contributed by atoms with E-state index in [1.165, 1.54) is 154 Å². The van der Waals surface area contributed by atoms with Gasteiger partial charge in [-0.25, -0.2) is 9.98 Å². The van der Waals surface area contributed by atoms with Crippen molar-refractivity contribution in [1.29, 1.82) is 0 Å². The number of thiocarbonyl (C=S) groups is 2. The summed E-state index contributed by atoms with van der Waals surface area (Å²) in [7, 11) is 0. The summed E-state index contributed by atoms with van der Waals surface area (Å²) in [6.45, 7) is 4.88. The Bertz CT molecular complexity index is 830. The Morgan fingerprint density at radius 3 is 0.640 bits per heavy atom. The highest BCUT2D eigenvalue weighted by Crippen LogP contribution is 2.47. The largest absolute Gasteiger partial charge is 0.229 e. The molecule has 0 saturated heterocycles. The van der Waals surface area contributed by atoms with Crippen LogP contribution in [-0.4, -0.2) is 22.4 Å². The first-order chi connectivity index (χ1) is 21.5. The summed E-state index contributed by atoms with van der Waals surface area (Å²) < 4.78 is 0. The summed E-state index contributed by atoms with van der Waals surface area (Å²) in [5.74, 6) is 10.3. The highest BCUT2D eigenvalue weighted by molar-refractivity contribution is 7.78. The molecule has 6 fully saturated rings. The topological polar surface area (TPSA) is 24.7 Å². The van der Waals surface area contributed by atoms with Crippen molar-refractivity contribution >= 4 is 34.8 Å². The maximum atomic E-state index is 4.75. The van der Waals surface area contributed by atoms with E-state index in [-0.39, 0.29) is 44.6 Å². The van der Waals surface area contributed by atoms with Gasteiger partial charge in [0.1, 0.15) is 0 Å². The predicted octanol–water partition coefficient (Wildman–Crippen LogP) is 16.4. The van der Waals surface area contributed by atoms with E-state index in [0.29, 0.717) is 12.1 Å². The molecule has 0 heterocycles. The molecule has 0 amide bonds. The minimum atomic E-state index is 0. The number of aliphatic imine (C=N–C) groups is 2. The minimum Gasteiger partial charge on any atom is -0.229 e. The molecule has 0 aromatic rings. The average Bonchev–Trinajstić information content (AvgIpc) is 3.07. The zero-order valence-electron chi connectivity index (χ0n) is 28.6. The van der Waals surface area contributed by atoms with E-state index in [2.05, 4.69) is 34.2 Å². The van der Waals surface area contributed by atoms with Crippen molar-refractivity contribution < 1.29 is 0 Å². The third-order valence-electron chi connectivity index (χ3n) is 14.4. The van der Waals surface area contributed by atoms with Crippen molar-refractivity contribution in [2.24, 2.45) is 69.2 Å². The summed E-state index contributed by atoms with van der Waals surface area (Å²) in [6, 6.07) is 0.989. The molecule has 0 aromatic heterocycles. The standard InChI is InChI=1S/2C20H33NS.6CH4/c2*1-15-2-4-16(5-3-15)17-6-8-18(9-7-17)19-10-12-20(13-11-19)21-14-22;;;;;;/h2*15-20H,2-13H2,1H3;6*1H4.